The molecule has 3 N–H and O–H groups in total. The molecule has 0 unspecified atom stereocenters. The molecule has 0 spiro atoms. The van der Waals surface area contributed by atoms with Gasteiger partial charge in [0, 0.05) is 23.5 Å². The molecule has 1 aliphatic heterocycles. The lowest BCUT2D eigenvalue weighted by Crippen LogP contribution is -3.28. The van der Waals surface area contributed by atoms with Crippen LogP contribution >= 0.6 is 0 Å². The Labute approximate surface area is 160 Å². The minimum atomic E-state index is -0.0274. The molecule has 1 amide bonds. The fourth-order valence-electron chi connectivity index (χ4n) is 3.38. The van der Waals surface area contributed by atoms with Crippen LogP contribution in [0.3, 0.4) is 0 Å². The van der Waals surface area contributed by atoms with Crippen LogP contribution in [0.2, 0.25) is 0 Å². The molecule has 2 aromatic rings. The van der Waals surface area contributed by atoms with E-state index in [0.717, 1.165) is 44.0 Å². The van der Waals surface area contributed by atoms with E-state index in [4.69, 9.17) is 0 Å². The quantitative estimate of drug-likeness (QED) is 0.463. The second-order valence-electron chi connectivity index (χ2n) is 7.31. The molecule has 0 saturated carbocycles. The van der Waals surface area contributed by atoms with Crippen LogP contribution in [-0.4, -0.2) is 49.3 Å². The average Bonchev–Trinajstić information content (AvgIpc) is 2.70. The van der Waals surface area contributed by atoms with Crippen LogP contribution in [0.15, 0.2) is 53.9 Å². The third kappa shape index (κ3) is 5.98. The number of piperazine rings is 1. The lowest BCUT2D eigenvalue weighted by Gasteiger charge is -2.29. The van der Waals surface area contributed by atoms with E-state index in [-0.39, 0.29) is 5.91 Å². The molecule has 6 heteroatoms. The molecule has 1 aliphatic rings. The average molecular weight is 367 g/mol. The van der Waals surface area contributed by atoms with Gasteiger partial charge in [-0.2, -0.15) is 5.10 Å². The molecular weight excluding hydrogens is 338 g/mol. The summed E-state index contributed by atoms with van der Waals surface area (Å²) in [5, 5.41) is 4.21. The molecule has 1 fully saturated rings. The SMILES string of the molecule is C/C(=N/NC(=O)C[NH+]1CC[NH+](Cc2ccc(C)cc2)CC1)c1ccncc1. The van der Waals surface area contributed by atoms with Crippen molar-refractivity contribution in [2.75, 3.05) is 32.7 Å². The van der Waals surface area contributed by atoms with Gasteiger partial charge in [-0.3, -0.25) is 9.78 Å². The zero-order chi connectivity index (χ0) is 19.1. The topological polar surface area (TPSA) is 63.2 Å². The lowest BCUT2D eigenvalue weighted by molar-refractivity contribution is -1.02. The van der Waals surface area contributed by atoms with E-state index in [2.05, 4.69) is 46.7 Å². The van der Waals surface area contributed by atoms with Crippen molar-refractivity contribution in [1.29, 1.82) is 0 Å². The van der Waals surface area contributed by atoms with E-state index in [1.807, 2.05) is 19.1 Å². The van der Waals surface area contributed by atoms with Gasteiger partial charge in [0.05, 0.1) is 5.71 Å². The highest BCUT2D eigenvalue weighted by molar-refractivity contribution is 5.99. The molecule has 1 aromatic heterocycles. The summed E-state index contributed by atoms with van der Waals surface area (Å²) in [6.07, 6.45) is 3.44. The highest BCUT2D eigenvalue weighted by Crippen LogP contribution is 2.01. The van der Waals surface area contributed by atoms with Gasteiger partial charge in [-0.05, 0) is 26.0 Å². The highest BCUT2D eigenvalue weighted by atomic mass is 16.2. The fourth-order valence-corrected chi connectivity index (χ4v) is 3.38. The van der Waals surface area contributed by atoms with Gasteiger partial charge in [0.1, 0.15) is 32.7 Å². The summed E-state index contributed by atoms with van der Waals surface area (Å²) in [5.41, 5.74) is 7.12. The van der Waals surface area contributed by atoms with Crippen molar-refractivity contribution in [2.24, 2.45) is 5.10 Å². The molecule has 142 valence electrons. The molecule has 3 rings (SSSR count). The van der Waals surface area contributed by atoms with Crippen LogP contribution in [0.25, 0.3) is 0 Å². The van der Waals surface area contributed by atoms with E-state index >= 15 is 0 Å². The number of pyridine rings is 1. The standard InChI is InChI=1S/C21H27N5O/c1-17-3-5-19(6-4-17)15-25-11-13-26(14-12-25)16-21(27)24-23-18(2)20-7-9-22-10-8-20/h3-10H,11-16H2,1-2H3,(H,24,27)/p+2/b23-18-. The molecule has 1 saturated heterocycles. The van der Waals surface area contributed by atoms with E-state index in [1.54, 1.807) is 17.3 Å². The predicted molar refractivity (Wildman–Crippen MR) is 106 cm³/mol. The Bertz CT molecular complexity index is 765. The number of rotatable bonds is 6. The van der Waals surface area contributed by atoms with E-state index < -0.39 is 0 Å². The van der Waals surface area contributed by atoms with Crippen LogP contribution in [0, 0.1) is 6.92 Å². The Kier molecular flexibility index (Phi) is 6.68. The van der Waals surface area contributed by atoms with Gasteiger partial charge in [-0.1, -0.05) is 29.8 Å². The summed E-state index contributed by atoms with van der Waals surface area (Å²) in [4.78, 5) is 19.1. The Hall–Kier alpha value is -2.57. The van der Waals surface area contributed by atoms with Crippen molar-refractivity contribution in [1.82, 2.24) is 10.4 Å². The molecule has 27 heavy (non-hydrogen) atoms. The maximum Gasteiger partial charge on any atom is 0.295 e. The summed E-state index contributed by atoms with van der Waals surface area (Å²) in [5.74, 6) is -0.0274. The molecule has 0 atom stereocenters. The number of aryl methyl sites for hydroxylation is 1. The predicted octanol–water partition coefficient (Wildman–Crippen LogP) is -0.786. The van der Waals surface area contributed by atoms with Gasteiger partial charge >= 0.3 is 0 Å². The first-order valence-electron chi connectivity index (χ1n) is 9.56. The van der Waals surface area contributed by atoms with Crippen molar-refractivity contribution < 1.29 is 14.6 Å². The van der Waals surface area contributed by atoms with Gasteiger partial charge < -0.3 is 9.80 Å². The first-order chi connectivity index (χ1) is 13.1. The number of hydrogen-bond donors (Lipinski definition) is 3. The van der Waals surface area contributed by atoms with Gasteiger partial charge in [0.25, 0.3) is 5.91 Å². The van der Waals surface area contributed by atoms with E-state index in [1.165, 1.54) is 16.0 Å². The van der Waals surface area contributed by atoms with Crippen LogP contribution in [0.1, 0.15) is 23.6 Å². The zero-order valence-corrected chi connectivity index (χ0v) is 16.2. The number of carbonyl (C=O) groups is 1. The van der Waals surface area contributed by atoms with Crippen LogP contribution in [0.5, 0.6) is 0 Å². The Balaban J connectivity index is 1.41. The normalized spacial score (nSPS) is 20.3. The van der Waals surface area contributed by atoms with Crippen molar-refractivity contribution in [3.8, 4) is 0 Å². The smallest absolute Gasteiger partial charge is 0.295 e. The van der Waals surface area contributed by atoms with Crippen molar-refractivity contribution in [3.63, 3.8) is 0 Å². The Morgan fingerprint density at radius 3 is 2.33 bits per heavy atom. The number of carbonyl (C=O) groups excluding carboxylic acids is 1. The second kappa shape index (κ2) is 9.39. The maximum absolute atomic E-state index is 12.2. The minimum absolute atomic E-state index is 0.0274. The summed E-state index contributed by atoms with van der Waals surface area (Å²) in [6.45, 7) is 9.76. The van der Waals surface area contributed by atoms with E-state index in [0.29, 0.717) is 6.54 Å². The molecule has 2 heterocycles. The van der Waals surface area contributed by atoms with Crippen molar-refractivity contribution in [2.45, 2.75) is 20.4 Å². The summed E-state index contributed by atoms with van der Waals surface area (Å²) in [6, 6.07) is 12.6. The number of amides is 1. The first-order valence-corrected chi connectivity index (χ1v) is 9.56. The number of nitrogens with one attached hydrogen (secondary N) is 3. The zero-order valence-electron chi connectivity index (χ0n) is 16.2. The highest BCUT2D eigenvalue weighted by Gasteiger charge is 2.24. The van der Waals surface area contributed by atoms with Crippen LogP contribution in [0.4, 0.5) is 0 Å². The minimum Gasteiger partial charge on any atom is -0.322 e. The number of hydrogen-bond acceptors (Lipinski definition) is 3. The monoisotopic (exact) mass is 367 g/mol. The number of aromatic nitrogens is 1. The summed E-state index contributed by atoms with van der Waals surface area (Å²) < 4.78 is 0. The number of hydrazone groups is 1. The van der Waals surface area contributed by atoms with E-state index in [9.17, 15) is 4.79 Å². The summed E-state index contributed by atoms with van der Waals surface area (Å²) >= 11 is 0. The maximum atomic E-state index is 12.2. The largest absolute Gasteiger partial charge is 0.322 e. The molecule has 6 nitrogen and oxygen atoms in total. The molecule has 0 radical (unpaired) electrons. The second-order valence-corrected chi connectivity index (χ2v) is 7.31. The Morgan fingerprint density at radius 2 is 1.67 bits per heavy atom. The summed E-state index contributed by atoms with van der Waals surface area (Å²) in [7, 11) is 0. The van der Waals surface area contributed by atoms with Crippen LogP contribution < -0.4 is 15.2 Å². The first kappa shape index (κ1) is 19.2. The third-order valence-electron chi connectivity index (χ3n) is 5.10. The van der Waals surface area contributed by atoms with Crippen molar-refractivity contribution in [3.05, 3.63) is 65.5 Å². The number of quaternary nitrogens is 2. The van der Waals surface area contributed by atoms with Crippen LogP contribution in [-0.2, 0) is 11.3 Å². The fraction of sp³-hybridized carbons (Fsp3) is 0.381. The molecule has 0 aliphatic carbocycles. The molecule has 1 aromatic carbocycles. The molecule has 0 bridgehead atoms. The van der Waals surface area contributed by atoms with Gasteiger partial charge in [0.2, 0.25) is 0 Å². The van der Waals surface area contributed by atoms with Gasteiger partial charge in [0.15, 0.2) is 6.54 Å². The van der Waals surface area contributed by atoms with Gasteiger partial charge in [-0.15, -0.1) is 0 Å². The lowest BCUT2D eigenvalue weighted by atomic mass is 10.1. The van der Waals surface area contributed by atoms with Gasteiger partial charge in [-0.25, -0.2) is 5.43 Å². The number of nitrogens with zero attached hydrogens (tertiary/aromatic N) is 2. The number of benzene rings is 1. The third-order valence-corrected chi connectivity index (χ3v) is 5.10. The molecular formula is C21H29N5O+2. The Morgan fingerprint density at radius 1 is 1.04 bits per heavy atom. The van der Waals surface area contributed by atoms with Crippen molar-refractivity contribution >= 4 is 11.6 Å².